The number of benzene rings is 1. The van der Waals surface area contributed by atoms with Gasteiger partial charge < -0.3 is 10.1 Å². The zero-order valence-electron chi connectivity index (χ0n) is 14.7. The van der Waals surface area contributed by atoms with E-state index in [1.54, 1.807) is 11.3 Å². The highest BCUT2D eigenvalue weighted by atomic mass is 32.1. The fourth-order valence-electron chi connectivity index (χ4n) is 3.96. The second-order valence-electron chi connectivity index (χ2n) is 6.75. The normalized spacial score (nSPS) is 22.8. The lowest BCUT2D eigenvalue weighted by Gasteiger charge is -2.34. The van der Waals surface area contributed by atoms with E-state index in [1.807, 2.05) is 42.6 Å². The van der Waals surface area contributed by atoms with E-state index in [1.165, 1.54) is 4.88 Å². The molecule has 1 N–H and O–H groups in total. The molecule has 1 aromatic carbocycles. The molecule has 0 unspecified atom stereocenters. The second-order valence-corrected chi connectivity index (χ2v) is 7.73. The lowest BCUT2D eigenvalue weighted by atomic mass is 9.74. The van der Waals surface area contributed by atoms with Crippen LogP contribution >= 0.6 is 11.3 Å². The molecule has 2 atom stereocenters. The van der Waals surface area contributed by atoms with Gasteiger partial charge >= 0.3 is 0 Å². The number of thiophene rings is 1. The Morgan fingerprint density at radius 3 is 2.81 bits per heavy atom. The van der Waals surface area contributed by atoms with Crippen LogP contribution < -0.4 is 10.1 Å². The van der Waals surface area contributed by atoms with Crippen LogP contribution in [0, 0.1) is 0 Å². The monoisotopic (exact) mass is 367 g/mol. The van der Waals surface area contributed by atoms with Crippen LogP contribution in [-0.2, 0) is 9.59 Å². The highest BCUT2D eigenvalue weighted by Gasteiger charge is 2.38. The minimum atomic E-state index is -0.184. The molecule has 5 heteroatoms. The molecule has 1 amide bonds. The van der Waals surface area contributed by atoms with Crippen molar-refractivity contribution in [2.24, 2.45) is 0 Å². The molecule has 4 nitrogen and oxygen atoms in total. The van der Waals surface area contributed by atoms with Crippen LogP contribution in [0.2, 0.25) is 0 Å². The average Bonchev–Trinajstić information content (AvgIpc) is 3.16. The number of ketones is 1. The predicted octanol–water partition coefficient (Wildman–Crippen LogP) is 4.15. The molecule has 0 fully saturated rings. The van der Waals surface area contributed by atoms with Crippen molar-refractivity contribution in [3.63, 3.8) is 0 Å². The smallest absolute Gasteiger partial charge is 0.225 e. The maximum Gasteiger partial charge on any atom is 0.225 e. The first-order chi connectivity index (χ1) is 12.7. The van der Waals surface area contributed by atoms with Gasteiger partial charge in [0.2, 0.25) is 5.91 Å². The van der Waals surface area contributed by atoms with Crippen molar-refractivity contribution >= 4 is 23.0 Å². The van der Waals surface area contributed by atoms with Crippen LogP contribution in [0.3, 0.4) is 0 Å². The number of carbonyl (C=O) groups excluding carboxylic acids is 2. The lowest BCUT2D eigenvalue weighted by Crippen LogP contribution is -2.38. The number of carbonyl (C=O) groups is 2. The van der Waals surface area contributed by atoms with E-state index < -0.39 is 0 Å². The summed E-state index contributed by atoms with van der Waals surface area (Å²) < 4.78 is 5.59. The number of rotatable bonds is 4. The first-order valence-electron chi connectivity index (χ1n) is 8.98. The van der Waals surface area contributed by atoms with Crippen LogP contribution in [-0.4, -0.2) is 18.3 Å². The number of ether oxygens (including phenoxy) is 1. The maximum absolute atomic E-state index is 13.0. The second kappa shape index (κ2) is 7.08. The Morgan fingerprint density at radius 1 is 1.15 bits per heavy atom. The minimum Gasteiger partial charge on any atom is -0.494 e. The van der Waals surface area contributed by atoms with Gasteiger partial charge in [0, 0.05) is 40.8 Å². The number of hydrogen-bond acceptors (Lipinski definition) is 4. The standard InChI is InChI=1S/C21H21NO3S/c1-2-25-15-6-3-5-13(9-15)16-12-20(24)22-17-10-14(11-18(23)21(16)17)19-7-4-8-26-19/h3-9,14,16H,2,10-12H2,1H3,(H,22,24)/t14-,16-/m0/s1. The molecule has 2 aromatic rings. The third kappa shape index (κ3) is 3.19. The zero-order valence-corrected chi connectivity index (χ0v) is 15.5. The Morgan fingerprint density at radius 2 is 2.04 bits per heavy atom. The maximum atomic E-state index is 13.0. The molecule has 0 saturated carbocycles. The quantitative estimate of drug-likeness (QED) is 0.883. The van der Waals surface area contributed by atoms with E-state index >= 15 is 0 Å². The van der Waals surface area contributed by atoms with Crippen LogP contribution in [0.5, 0.6) is 5.75 Å². The van der Waals surface area contributed by atoms with Gasteiger partial charge in [-0.3, -0.25) is 9.59 Å². The van der Waals surface area contributed by atoms with Gasteiger partial charge in [0.25, 0.3) is 0 Å². The molecule has 0 spiro atoms. The van der Waals surface area contributed by atoms with Gasteiger partial charge in [0.05, 0.1) is 6.61 Å². The first kappa shape index (κ1) is 17.0. The molecular formula is C21H21NO3S. The van der Waals surface area contributed by atoms with E-state index in [4.69, 9.17) is 4.74 Å². The summed E-state index contributed by atoms with van der Waals surface area (Å²) in [7, 11) is 0. The molecule has 1 aromatic heterocycles. The largest absolute Gasteiger partial charge is 0.494 e. The van der Waals surface area contributed by atoms with Gasteiger partial charge in [-0.25, -0.2) is 0 Å². The third-order valence-electron chi connectivity index (χ3n) is 5.05. The van der Waals surface area contributed by atoms with Crippen molar-refractivity contribution in [2.75, 3.05) is 6.61 Å². The topological polar surface area (TPSA) is 55.4 Å². The molecule has 2 heterocycles. The molecule has 26 heavy (non-hydrogen) atoms. The number of hydrogen-bond donors (Lipinski definition) is 1. The summed E-state index contributed by atoms with van der Waals surface area (Å²) in [4.78, 5) is 26.5. The summed E-state index contributed by atoms with van der Waals surface area (Å²) in [6.45, 7) is 2.53. The molecule has 0 bridgehead atoms. The van der Waals surface area contributed by atoms with E-state index in [0.29, 0.717) is 19.4 Å². The van der Waals surface area contributed by atoms with E-state index in [0.717, 1.165) is 29.0 Å². The third-order valence-corrected chi connectivity index (χ3v) is 6.09. The van der Waals surface area contributed by atoms with Gasteiger partial charge in [-0.15, -0.1) is 11.3 Å². The van der Waals surface area contributed by atoms with Crippen molar-refractivity contribution in [2.45, 2.75) is 38.0 Å². The van der Waals surface area contributed by atoms with Crippen LogP contribution in [0.25, 0.3) is 0 Å². The summed E-state index contributed by atoms with van der Waals surface area (Å²) in [5, 5.41) is 5.01. The Kier molecular flexibility index (Phi) is 4.64. The predicted molar refractivity (Wildman–Crippen MR) is 101 cm³/mol. The Balaban J connectivity index is 1.70. The summed E-state index contributed by atoms with van der Waals surface area (Å²) >= 11 is 1.67. The zero-order chi connectivity index (χ0) is 18.1. The van der Waals surface area contributed by atoms with Gasteiger partial charge in [-0.2, -0.15) is 0 Å². The number of Topliss-reactive ketones (excluding diaryl/α,β-unsaturated/α-hetero) is 1. The van der Waals surface area contributed by atoms with Gasteiger partial charge in [0.1, 0.15) is 5.75 Å². The lowest BCUT2D eigenvalue weighted by molar-refractivity contribution is -0.122. The SMILES string of the molecule is CCOc1cccc([C@@H]2CC(=O)NC3=C2C(=O)C[C@@H](c2cccs2)C3)c1. The molecule has 4 rings (SSSR count). The molecule has 0 saturated heterocycles. The van der Waals surface area contributed by atoms with Gasteiger partial charge in [0.15, 0.2) is 5.78 Å². The summed E-state index contributed by atoms with van der Waals surface area (Å²) in [5.74, 6) is 0.885. The number of amides is 1. The fraction of sp³-hybridized carbons (Fsp3) is 0.333. The van der Waals surface area contributed by atoms with Crippen molar-refractivity contribution in [1.29, 1.82) is 0 Å². The summed E-state index contributed by atoms with van der Waals surface area (Å²) in [5.41, 5.74) is 2.56. The average molecular weight is 367 g/mol. The number of allylic oxidation sites excluding steroid dienone is 2. The summed E-state index contributed by atoms with van der Waals surface area (Å²) in [6.07, 6.45) is 1.54. The fourth-order valence-corrected chi connectivity index (χ4v) is 4.79. The molecule has 1 aliphatic carbocycles. The van der Waals surface area contributed by atoms with Crippen molar-refractivity contribution in [3.8, 4) is 5.75 Å². The number of nitrogens with one attached hydrogen (secondary N) is 1. The van der Waals surface area contributed by atoms with Gasteiger partial charge in [-0.1, -0.05) is 18.2 Å². The minimum absolute atomic E-state index is 0.0183. The van der Waals surface area contributed by atoms with Crippen LogP contribution in [0.1, 0.15) is 48.5 Å². The molecule has 1 aliphatic heterocycles. The van der Waals surface area contributed by atoms with Crippen LogP contribution in [0.15, 0.2) is 53.0 Å². The Hall–Kier alpha value is -2.40. The summed E-state index contributed by atoms with van der Waals surface area (Å²) in [6, 6.07) is 11.8. The van der Waals surface area contributed by atoms with Crippen molar-refractivity contribution in [1.82, 2.24) is 5.32 Å². The highest BCUT2D eigenvalue weighted by molar-refractivity contribution is 7.10. The van der Waals surface area contributed by atoms with E-state index in [2.05, 4.69) is 11.4 Å². The van der Waals surface area contributed by atoms with Crippen molar-refractivity contribution in [3.05, 3.63) is 63.5 Å². The molecule has 2 aliphatic rings. The first-order valence-corrected chi connectivity index (χ1v) is 9.86. The highest BCUT2D eigenvalue weighted by Crippen LogP contribution is 2.43. The van der Waals surface area contributed by atoms with E-state index in [-0.39, 0.29) is 23.5 Å². The Bertz CT molecular complexity index is 869. The Labute approximate surface area is 156 Å². The van der Waals surface area contributed by atoms with Crippen molar-refractivity contribution < 1.29 is 14.3 Å². The van der Waals surface area contributed by atoms with Gasteiger partial charge in [-0.05, 0) is 42.5 Å². The molecule has 134 valence electrons. The molecule has 0 radical (unpaired) electrons. The van der Waals surface area contributed by atoms with E-state index in [9.17, 15) is 9.59 Å². The molecular weight excluding hydrogens is 346 g/mol. The van der Waals surface area contributed by atoms with Crippen LogP contribution in [0.4, 0.5) is 0 Å².